The van der Waals surface area contributed by atoms with E-state index in [4.69, 9.17) is 13.9 Å². The molecular formula is C27H35N3O5. The van der Waals surface area contributed by atoms with E-state index < -0.39 is 12.0 Å². The highest BCUT2D eigenvalue weighted by atomic mass is 16.5. The number of nitrogens with one attached hydrogen (secondary N) is 2. The Balaban J connectivity index is 1.68. The molecule has 35 heavy (non-hydrogen) atoms. The van der Waals surface area contributed by atoms with Crippen molar-refractivity contribution < 1.29 is 23.5 Å². The quantitative estimate of drug-likeness (QED) is 0.479. The minimum atomic E-state index is -0.625. The van der Waals surface area contributed by atoms with Crippen LogP contribution in [0.15, 0.2) is 58.3 Å². The average molecular weight is 482 g/mol. The Labute approximate surface area is 206 Å². The second-order valence-electron chi connectivity index (χ2n) is 9.30. The number of carbonyl (C=O) groups is 2. The van der Waals surface area contributed by atoms with E-state index in [-0.39, 0.29) is 18.7 Å². The van der Waals surface area contributed by atoms with Gasteiger partial charge in [0.2, 0.25) is 0 Å². The van der Waals surface area contributed by atoms with E-state index in [1.54, 1.807) is 13.2 Å². The number of benzene rings is 1. The molecule has 188 valence electrons. The van der Waals surface area contributed by atoms with Crippen LogP contribution in [0.3, 0.4) is 0 Å². The second kappa shape index (κ2) is 11.4. The number of hydrogen-bond donors (Lipinski definition) is 2. The molecule has 2 heterocycles. The molecule has 0 unspecified atom stereocenters. The molecule has 2 aliphatic rings. The number of carbonyl (C=O) groups excluding carboxylic acids is 2. The molecule has 1 aliphatic heterocycles. The summed E-state index contributed by atoms with van der Waals surface area (Å²) in [7, 11) is 0. The Morgan fingerprint density at radius 2 is 1.89 bits per heavy atom. The van der Waals surface area contributed by atoms with Crippen LogP contribution in [0.4, 0.5) is 4.79 Å². The molecule has 1 aromatic carbocycles. The maximum absolute atomic E-state index is 13.2. The Morgan fingerprint density at radius 1 is 1.14 bits per heavy atom. The molecule has 0 saturated heterocycles. The lowest BCUT2D eigenvalue weighted by molar-refractivity contribution is -0.139. The summed E-state index contributed by atoms with van der Waals surface area (Å²) in [6.07, 6.45) is 6.22. The molecule has 0 radical (unpaired) electrons. The highest BCUT2D eigenvalue weighted by Crippen LogP contribution is 2.32. The van der Waals surface area contributed by atoms with E-state index in [0.29, 0.717) is 30.4 Å². The van der Waals surface area contributed by atoms with Gasteiger partial charge in [-0.25, -0.2) is 9.59 Å². The van der Waals surface area contributed by atoms with Crippen LogP contribution in [0, 0.1) is 0 Å². The van der Waals surface area contributed by atoms with Gasteiger partial charge < -0.3 is 24.5 Å². The number of nitrogens with zero attached hydrogens (tertiary/aromatic N) is 1. The molecule has 2 amide bonds. The fraction of sp³-hybridized carbons (Fsp3) is 0.481. The van der Waals surface area contributed by atoms with Crippen LogP contribution in [-0.2, 0) is 16.1 Å². The monoisotopic (exact) mass is 481 g/mol. The fourth-order valence-corrected chi connectivity index (χ4v) is 4.84. The SMILES string of the molecule is CCOC(=O)C1=C(CN(Cc2ccco2)C2CCCC2)NC(=O)N[C@H]1c1ccc(OC(C)C)cc1. The third-order valence-electron chi connectivity index (χ3n) is 6.38. The van der Waals surface area contributed by atoms with Crippen LogP contribution in [0.1, 0.15) is 63.8 Å². The summed E-state index contributed by atoms with van der Waals surface area (Å²) in [4.78, 5) is 28.2. The van der Waals surface area contributed by atoms with Gasteiger partial charge in [0.1, 0.15) is 11.5 Å². The van der Waals surface area contributed by atoms with Crippen molar-refractivity contribution in [2.45, 2.75) is 71.2 Å². The molecule has 8 nitrogen and oxygen atoms in total. The topological polar surface area (TPSA) is 93.0 Å². The molecule has 1 aliphatic carbocycles. The van der Waals surface area contributed by atoms with Crippen molar-refractivity contribution in [3.8, 4) is 5.75 Å². The van der Waals surface area contributed by atoms with E-state index >= 15 is 0 Å². The highest BCUT2D eigenvalue weighted by Gasteiger charge is 2.35. The zero-order chi connectivity index (χ0) is 24.8. The van der Waals surface area contributed by atoms with Gasteiger partial charge in [0, 0.05) is 18.3 Å². The zero-order valence-corrected chi connectivity index (χ0v) is 20.7. The second-order valence-corrected chi connectivity index (χ2v) is 9.30. The predicted octanol–water partition coefficient (Wildman–Crippen LogP) is 4.68. The summed E-state index contributed by atoms with van der Waals surface area (Å²) in [5.41, 5.74) is 1.78. The van der Waals surface area contributed by atoms with Crippen LogP contribution in [0.5, 0.6) is 5.75 Å². The lowest BCUT2D eigenvalue weighted by Gasteiger charge is -2.34. The maximum atomic E-state index is 13.2. The Morgan fingerprint density at radius 3 is 2.51 bits per heavy atom. The number of hydrogen-bond acceptors (Lipinski definition) is 6. The van der Waals surface area contributed by atoms with Gasteiger partial charge in [0.05, 0.1) is 37.1 Å². The fourth-order valence-electron chi connectivity index (χ4n) is 4.84. The minimum Gasteiger partial charge on any atom is -0.491 e. The van der Waals surface area contributed by atoms with E-state index in [0.717, 1.165) is 29.9 Å². The third-order valence-corrected chi connectivity index (χ3v) is 6.38. The average Bonchev–Trinajstić information content (AvgIpc) is 3.53. The first-order valence-electron chi connectivity index (χ1n) is 12.4. The number of furan rings is 1. The Hall–Kier alpha value is -3.26. The van der Waals surface area contributed by atoms with Crippen LogP contribution in [0.2, 0.25) is 0 Å². The van der Waals surface area contributed by atoms with E-state index in [2.05, 4.69) is 15.5 Å². The van der Waals surface area contributed by atoms with Crippen molar-refractivity contribution in [2.24, 2.45) is 0 Å². The summed E-state index contributed by atoms with van der Waals surface area (Å²) in [5.74, 6) is 1.15. The normalized spacial score (nSPS) is 18.7. The lowest BCUT2D eigenvalue weighted by atomic mass is 9.94. The van der Waals surface area contributed by atoms with Crippen LogP contribution in [0.25, 0.3) is 0 Å². The Kier molecular flexibility index (Phi) is 8.13. The Bertz CT molecular complexity index is 1020. The summed E-state index contributed by atoms with van der Waals surface area (Å²) in [6.45, 7) is 6.98. The van der Waals surface area contributed by atoms with Crippen molar-refractivity contribution in [3.05, 3.63) is 65.3 Å². The first-order valence-corrected chi connectivity index (χ1v) is 12.4. The highest BCUT2D eigenvalue weighted by molar-refractivity contribution is 5.95. The molecule has 0 spiro atoms. The number of amides is 2. The molecule has 8 heteroatoms. The van der Waals surface area contributed by atoms with E-state index in [1.165, 1.54) is 12.8 Å². The predicted molar refractivity (Wildman–Crippen MR) is 132 cm³/mol. The van der Waals surface area contributed by atoms with Gasteiger partial charge in [-0.1, -0.05) is 25.0 Å². The van der Waals surface area contributed by atoms with Crippen molar-refractivity contribution in [1.29, 1.82) is 0 Å². The lowest BCUT2D eigenvalue weighted by Crippen LogP contribution is -2.49. The largest absolute Gasteiger partial charge is 0.491 e. The molecule has 2 N–H and O–H groups in total. The van der Waals surface area contributed by atoms with Crippen molar-refractivity contribution in [2.75, 3.05) is 13.2 Å². The van der Waals surface area contributed by atoms with Gasteiger partial charge in [0.25, 0.3) is 0 Å². The molecule has 1 fully saturated rings. The summed E-state index contributed by atoms with van der Waals surface area (Å²) in [6, 6.07) is 10.7. The van der Waals surface area contributed by atoms with Gasteiger partial charge in [0.15, 0.2) is 0 Å². The van der Waals surface area contributed by atoms with E-state index in [1.807, 2.05) is 50.2 Å². The minimum absolute atomic E-state index is 0.0526. The first-order chi connectivity index (χ1) is 16.9. The van der Waals surface area contributed by atoms with Crippen molar-refractivity contribution >= 4 is 12.0 Å². The first kappa shape index (κ1) is 24.9. The standard InChI is InChI=1S/C27H35N3O5/c1-4-33-26(31)24-23(17-30(20-8-5-6-9-20)16-22-10-7-15-34-22)28-27(32)29-25(24)19-11-13-21(14-12-19)35-18(2)3/h7,10-15,18,20,25H,4-6,8-9,16-17H2,1-3H3,(H2,28,29,32)/t25-/m0/s1. The van der Waals surface area contributed by atoms with Crippen LogP contribution < -0.4 is 15.4 Å². The number of ether oxygens (including phenoxy) is 2. The third kappa shape index (κ3) is 6.25. The van der Waals surface area contributed by atoms with Gasteiger partial charge in [-0.3, -0.25) is 4.90 Å². The number of rotatable bonds is 10. The molecule has 1 saturated carbocycles. The molecule has 1 aromatic heterocycles. The molecule has 4 rings (SSSR count). The maximum Gasteiger partial charge on any atom is 0.338 e. The molecule has 1 atom stereocenters. The van der Waals surface area contributed by atoms with Crippen molar-refractivity contribution in [1.82, 2.24) is 15.5 Å². The smallest absolute Gasteiger partial charge is 0.338 e. The number of urea groups is 1. The zero-order valence-electron chi connectivity index (χ0n) is 20.7. The molecule has 2 aromatic rings. The van der Waals surface area contributed by atoms with Crippen molar-refractivity contribution in [3.63, 3.8) is 0 Å². The van der Waals surface area contributed by atoms with Gasteiger partial charge in [-0.15, -0.1) is 0 Å². The summed E-state index contributed by atoms with van der Waals surface area (Å²) >= 11 is 0. The summed E-state index contributed by atoms with van der Waals surface area (Å²) in [5, 5.41) is 5.82. The van der Waals surface area contributed by atoms with Crippen LogP contribution >= 0.6 is 0 Å². The van der Waals surface area contributed by atoms with Gasteiger partial charge in [-0.2, -0.15) is 0 Å². The van der Waals surface area contributed by atoms with E-state index in [9.17, 15) is 9.59 Å². The van der Waals surface area contributed by atoms with Gasteiger partial charge >= 0.3 is 12.0 Å². The molecular weight excluding hydrogens is 446 g/mol. The van der Waals surface area contributed by atoms with Gasteiger partial charge in [-0.05, 0) is 63.4 Å². The molecule has 0 bridgehead atoms. The number of esters is 1. The van der Waals surface area contributed by atoms with Crippen LogP contribution in [-0.4, -0.2) is 42.2 Å². The summed E-state index contributed by atoms with van der Waals surface area (Å²) < 4.78 is 16.8.